The van der Waals surface area contributed by atoms with Crippen LogP contribution in [0.15, 0.2) is 36.5 Å². The number of rotatable bonds is 4. The summed E-state index contributed by atoms with van der Waals surface area (Å²) in [6.45, 7) is -0.886. The van der Waals surface area contributed by atoms with Crippen LogP contribution in [-0.2, 0) is 0 Å². The van der Waals surface area contributed by atoms with Crippen molar-refractivity contribution in [2.24, 2.45) is 0 Å². The summed E-state index contributed by atoms with van der Waals surface area (Å²) in [5, 5.41) is 0.694. The number of hydrogen-bond acceptors (Lipinski definition) is 2. The van der Waals surface area contributed by atoms with Crippen molar-refractivity contribution in [3.05, 3.63) is 36.5 Å². The monoisotopic (exact) mass is 288 g/mol. The molecule has 0 saturated heterocycles. The maximum absolute atomic E-state index is 12.6. The highest BCUT2D eigenvalue weighted by Crippen LogP contribution is 2.28. The van der Waals surface area contributed by atoms with Crippen LogP contribution >= 0.6 is 11.6 Å². The molecule has 1 aromatic carbocycles. The number of para-hydroxylation sites is 1. The minimum atomic E-state index is -4.27. The standard InChI is InChI=1S/C13H12ClF3N2/c14-6-8-19(9-13(15,16)17)12-5-7-18-11-4-2-1-3-10(11)12/h1-5,7H,6,8-9H2. The zero-order chi connectivity index (χ0) is 13.9. The second-order valence-corrected chi connectivity index (χ2v) is 4.45. The van der Waals surface area contributed by atoms with Crippen LogP contribution in [0.5, 0.6) is 0 Å². The third kappa shape index (κ3) is 3.50. The lowest BCUT2D eigenvalue weighted by Crippen LogP contribution is -2.35. The Hall–Kier alpha value is -1.49. The first-order chi connectivity index (χ1) is 9.01. The van der Waals surface area contributed by atoms with E-state index in [0.717, 1.165) is 0 Å². The van der Waals surface area contributed by atoms with Crippen LogP contribution < -0.4 is 4.90 Å². The molecule has 0 N–H and O–H groups in total. The van der Waals surface area contributed by atoms with Gasteiger partial charge in [0, 0.05) is 29.7 Å². The molecule has 1 heterocycles. The molecular weight excluding hydrogens is 277 g/mol. The Bertz CT molecular complexity index is 552. The first-order valence-electron chi connectivity index (χ1n) is 5.72. The van der Waals surface area contributed by atoms with Crippen LogP contribution in [0.4, 0.5) is 18.9 Å². The van der Waals surface area contributed by atoms with Gasteiger partial charge in [0.25, 0.3) is 0 Å². The highest BCUT2D eigenvalue weighted by molar-refractivity contribution is 6.18. The number of anilines is 1. The lowest BCUT2D eigenvalue weighted by atomic mass is 10.1. The van der Waals surface area contributed by atoms with Gasteiger partial charge < -0.3 is 4.90 Å². The summed E-state index contributed by atoms with van der Waals surface area (Å²) >= 11 is 5.60. The van der Waals surface area contributed by atoms with Gasteiger partial charge in [0.2, 0.25) is 0 Å². The zero-order valence-corrected chi connectivity index (χ0v) is 10.7. The Morgan fingerprint density at radius 1 is 1.16 bits per heavy atom. The fourth-order valence-corrected chi connectivity index (χ4v) is 2.16. The summed E-state index contributed by atoms with van der Waals surface area (Å²) in [5.41, 5.74) is 1.17. The number of benzene rings is 1. The Balaban J connectivity index is 2.44. The molecule has 19 heavy (non-hydrogen) atoms. The quantitative estimate of drug-likeness (QED) is 0.795. The summed E-state index contributed by atoms with van der Waals surface area (Å²) < 4.78 is 37.8. The van der Waals surface area contributed by atoms with Crippen molar-refractivity contribution in [2.75, 3.05) is 23.9 Å². The molecule has 0 radical (unpaired) electrons. The van der Waals surface area contributed by atoms with Crippen molar-refractivity contribution in [3.8, 4) is 0 Å². The fourth-order valence-electron chi connectivity index (χ4n) is 1.96. The Morgan fingerprint density at radius 3 is 2.58 bits per heavy atom. The van der Waals surface area contributed by atoms with Crippen LogP contribution in [-0.4, -0.2) is 30.1 Å². The predicted molar refractivity (Wildman–Crippen MR) is 70.7 cm³/mol. The summed E-state index contributed by atoms with van der Waals surface area (Å²) in [5.74, 6) is 0.132. The molecule has 0 bridgehead atoms. The van der Waals surface area contributed by atoms with Gasteiger partial charge in [0.15, 0.2) is 0 Å². The van der Waals surface area contributed by atoms with Gasteiger partial charge in [-0.25, -0.2) is 0 Å². The molecule has 2 rings (SSSR count). The lowest BCUT2D eigenvalue weighted by Gasteiger charge is -2.26. The van der Waals surface area contributed by atoms with Crippen molar-refractivity contribution >= 4 is 28.2 Å². The van der Waals surface area contributed by atoms with Crippen LogP contribution in [0.3, 0.4) is 0 Å². The molecular formula is C13H12ClF3N2. The second-order valence-electron chi connectivity index (χ2n) is 4.07. The number of fused-ring (bicyclic) bond motifs is 1. The SMILES string of the molecule is FC(F)(F)CN(CCCl)c1ccnc2ccccc12. The molecule has 0 saturated carbocycles. The van der Waals surface area contributed by atoms with E-state index in [1.54, 1.807) is 30.3 Å². The molecule has 0 amide bonds. The van der Waals surface area contributed by atoms with Gasteiger partial charge in [-0.2, -0.15) is 13.2 Å². The molecule has 0 spiro atoms. The largest absolute Gasteiger partial charge is 0.405 e. The van der Waals surface area contributed by atoms with E-state index in [4.69, 9.17) is 11.6 Å². The normalized spacial score (nSPS) is 11.8. The van der Waals surface area contributed by atoms with Gasteiger partial charge in [0.1, 0.15) is 6.54 Å². The number of halogens is 4. The fraction of sp³-hybridized carbons (Fsp3) is 0.308. The van der Waals surface area contributed by atoms with Gasteiger partial charge in [0.05, 0.1) is 5.52 Å². The second kappa shape index (κ2) is 5.65. The van der Waals surface area contributed by atoms with E-state index < -0.39 is 12.7 Å². The number of aromatic nitrogens is 1. The Labute approximate surface area is 113 Å². The first kappa shape index (κ1) is 13.9. The van der Waals surface area contributed by atoms with Gasteiger partial charge >= 0.3 is 6.18 Å². The van der Waals surface area contributed by atoms with E-state index in [-0.39, 0.29) is 12.4 Å². The van der Waals surface area contributed by atoms with E-state index in [1.165, 1.54) is 11.1 Å². The maximum atomic E-state index is 12.6. The van der Waals surface area contributed by atoms with Gasteiger partial charge in [-0.3, -0.25) is 4.98 Å². The van der Waals surface area contributed by atoms with Crippen LogP contribution in [0, 0.1) is 0 Å². The van der Waals surface area contributed by atoms with Crippen molar-refractivity contribution in [2.45, 2.75) is 6.18 Å². The van der Waals surface area contributed by atoms with Crippen LogP contribution in [0.1, 0.15) is 0 Å². The highest BCUT2D eigenvalue weighted by Gasteiger charge is 2.31. The van der Waals surface area contributed by atoms with Gasteiger partial charge in [-0.1, -0.05) is 18.2 Å². The smallest absolute Gasteiger partial charge is 0.361 e. The Kier molecular flexibility index (Phi) is 4.14. The van der Waals surface area contributed by atoms with Crippen LogP contribution in [0.25, 0.3) is 10.9 Å². The first-order valence-corrected chi connectivity index (χ1v) is 6.26. The molecule has 6 heteroatoms. The van der Waals surface area contributed by atoms with E-state index in [9.17, 15) is 13.2 Å². The van der Waals surface area contributed by atoms with E-state index in [1.807, 2.05) is 0 Å². The third-order valence-electron chi connectivity index (χ3n) is 2.69. The molecule has 2 aromatic rings. The van der Waals surface area contributed by atoms with E-state index in [0.29, 0.717) is 16.6 Å². The van der Waals surface area contributed by atoms with Crippen molar-refractivity contribution in [1.82, 2.24) is 4.98 Å². The van der Waals surface area contributed by atoms with Crippen LogP contribution in [0.2, 0.25) is 0 Å². The Morgan fingerprint density at radius 2 is 1.89 bits per heavy atom. The maximum Gasteiger partial charge on any atom is 0.405 e. The minimum absolute atomic E-state index is 0.132. The molecule has 0 unspecified atom stereocenters. The molecule has 2 nitrogen and oxygen atoms in total. The van der Waals surface area contributed by atoms with Crippen molar-refractivity contribution < 1.29 is 13.2 Å². The number of nitrogens with zero attached hydrogens (tertiary/aromatic N) is 2. The van der Waals surface area contributed by atoms with Crippen molar-refractivity contribution in [3.63, 3.8) is 0 Å². The molecule has 0 fully saturated rings. The summed E-state index contributed by atoms with van der Waals surface area (Å²) in [7, 11) is 0. The lowest BCUT2D eigenvalue weighted by molar-refractivity contribution is -0.119. The highest BCUT2D eigenvalue weighted by atomic mass is 35.5. The molecule has 102 valence electrons. The number of alkyl halides is 4. The van der Waals surface area contributed by atoms with E-state index in [2.05, 4.69) is 4.98 Å². The molecule has 0 aliphatic carbocycles. The third-order valence-corrected chi connectivity index (χ3v) is 2.86. The average molecular weight is 289 g/mol. The summed E-state index contributed by atoms with van der Waals surface area (Å²) in [6.07, 6.45) is -2.76. The van der Waals surface area contributed by atoms with Gasteiger partial charge in [-0.05, 0) is 12.1 Å². The molecule has 0 atom stereocenters. The minimum Gasteiger partial charge on any atom is -0.361 e. The summed E-state index contributed by atoms with van der Waals surface area (Å²) in [4.78, 5) is 5.37. The number of pyridine rings is 1. The average Bonchev–Trinajstić information content (AvgIpc) is 2.36. The number of hydrogen-bond donors (Lipinski definition) is 0. The summed E-state index contributed by atoms with van der Waals surface area (Å²) in [6, 6.07) is 8.69. The topological polar surface area (TPSA) is 16.1 Å². The predicted octanol–water partition coefficient (Wildman–Crippen LogP) is 3.84. The van der Waals surface area contributed by atoms with Crippen molar-refractivity contribution in [1.29, 1.82) is 0 Å². The molecule has 1 aromatic heterocycles. The molecule has 0 aliphatic rings. The van der Waals surface area contributed by atoms with Gasteiger partial charge in [-0.15, -0.1) is 11.6 Å². The molecule has 0 aliphatic heterocycles. The van der Waals surface area contributed by atoms with E-state index >= 15 is 0 Å². The zero-order valence-electron chi connectivity index (χ0n) is 9.99.